The molecule has 11 heteroatoms. The average molecular weight is 587 g/mol. The number of fused-ring (bicyclic) bond motifs is 2. The first kappa shape index (κ1) is 30.3. The molecule has 43 heavy (non-hydrogen) atoms. The van der Waals surface area contributed by atoms with E-state index < -0.39 is 5.41 Å². The number of aromatic nitrogens is 4. The Morgan fingerprint density at radius 3 is 2.53 bits per heavy atom. The van der Waals surface area contributed by atoms with Crippen molar-refractivity contribution in [3.63, 3.8) is 0 Å². The van der Waals surface area contributed by atoms with Crippen LogP contribution in [0.4, 0.5) is 4.39 Å². The van der Waals surface area contributed by atoms with E-state index in [1.54, 1.807) is 6.07 Å². The number of aryl methyl sites for hydroxylation is 2. The lowest BCUT2D eigenvalue weighted by atomic mass is 9.69. The van der Waals surface area contributed by atoms with Crippen LogP contribution >= 0.6 is 0 Å². The normalized spacial score (nSPS) is 18.7. The highest BCUT2D eigenvalue weighted by atomic mass is 19.1. The Morgan fingerprint density at radius 1 is 1.19 bits per heavy atom. The number of halogens is 1. The maximum absolute atomic E-state index is 14.6. The van der Waals surface area contributed by atoms with Crippen molar-refractivity contribution in [1.82, 2.24) is 35.7 Å². The lowest BCUT2D eigenvalue weighted by Crippen LogP contribution is -2.41. The summed E-state index contributed by atoms with van der Waals surface area (Å²) < 4.78 is 20.0. The molecule has 2 aliphatic rings. The molecular weight excluding hydrogens is 547 g/mol. The number of carbonyl (C=O) groups is 1. The number of nitriles is 1. The zero-order valence-electron chi connectivity index (χ0n) is 25.1. The Bertz CT molecular complexity index is 1500. The summed E-state index contributed by atoms with van der Waals surface area (Å²) in [6.07, 6.45) is 1.78. The molecule has 1 aromatic heterocycles. The van der Waals surface area contributed by atoms with Gasteiger partial charge in [0.2, 0.25) is 0 Å². The van der Waals surface area contributed by atoms with E-state index in [-0.39, 0.29) is 23.8 Å². The van der Waals surface area contributed by atoms with E-state index in [1.165, 1.54) is 6.07 Å². The fraction of sp³-hybridized carbons (Fsp3) is 0.469. The van der Waals surface area contributed by atoms with Gasteiger partial charge < -0.3 is 19.9 Å². The van der Waals surface area contributed by atoms with Crippen LogP contribution in [0, 0.1) is 17.1 Å². The second kappa shape index (κ2) is 13.0. The number of hydrogen-bond donors (Lipinski definition) is 2. The zero-order valence-corrected chi connectivity index (χ0v) is 25.1. The molecule has 0 radical (unpaired) electrons. The van der Waals surface area contributed by atoms with Crippen LogP contribution in [-0.2, 0) is 23.0 Å². The van der Waals surface area contributed by atoms with Gasteiger partial charge in [-0.3, -0.25) is 4.79 Å². The first-order chi connectivity index (χ1) is 20.8. The summed E-state index contributed by atoms with van der Waals surface area (Å²) in [5, 5.41) is 28.5. The van der Waals surface area contributed by atoms with Crippen molar-refractivity contribution in [2.24, 2.45) is 0 Å². The fourth-order valence-electron chi connectivity index (χ4n) is 6.61. The van der Waals surface area contributed by atoms with Crippen LogP contribution in [0.25, 0.3) is 0 Å². The van der Waals surface area contributed by atoms with Gasteiger partial charge in [-0.2, -0.15) is 10.5 Å². The van der Waals surface area contributed by atoms with Gasteiger partial charge in [-0.15, -0.1) is 10.2 Å². The molecule has 2 N–H and O–H groups in total. The van der Waals surface area contributed by atoms with Crippen molar-refractivity contribution < 1.29 is 13.9 Å². The smallest absolute Gasteiger partial charge is 0.254 e. The Balaban J connectivity index is 1.51. The molecule has 3 aromatic rings. The second-order valence-electron chi connectivity index (χ2n) is 11.5. The molecule has 1 aliphatic carbocycles. The summed E-state index contributed by atoms with van der Waals surface area (Å²) in [5.74, 6) is 0.161. The minimum absolute atomic E-state index is 0.0226. The molecule has 2 aromatic carbocycles. The molecule has 10 nitrogen and oxygen atoms in total. The number of amides is 1. The van der Waals surface area contributed by atoms with Gasteiger partial charge >= 0.3 is 0 Å². The molecule has 0 spiro atoms. The highest BCUT2D eigenvalue weighted by molar-refractivity contribution is 5.94. The minimum atomic E-state index is -0.853. The van der Waals surface area contributed by atoms with Crippen LogP contribution in [0.5, 0.6) is 0 Å². The number of hydrogen-bond acceptors (Lipinski definition) is 8. The van der Waals surface area contributed by atoms with Gasteiger partial charge in [-0.05, 0) is 93.1 Å². The van der Waals surface area contributed by atoms with Crippen molar-refractivity contribution in [1.29, 1.82) is 5.26 Å². The lowest BCUT2D eigenvalue weighted by molar-refractivity contribution is 0.0303. The molecule has 2 atom stereocenters. The predicted octanol–water partition coefficient (Wildman–Crippen LogP) is 3.36. The van der Waals surface area contributed by atoms with E-state index in [9.17, 15) is 14.4 Å². The molecule has 5 rings (SSSR count). The Labute approximate surface area is 251 Å². The van der Waals surface area contributed by atoms with Crippen LogP contribution in [0.3, 0.4) is 0 Å². The first-order valence-corrected chi connectivity index (χ1v) is 14.9. The fourth-order valence-corrected chi connectivity index (χ4v) is 6.61. The summed E-state index contributed by atoms with van der Waals surface area (Å²) in [6, 6.07) is 12.9. The molecule has 1 aliphatic heterocycles. The Morgan fingerprint density at radius 2 is 1.88 bits per heavy atom. The number of carbonyl (C=O) groups excluding carboxylic acids is 1. The van der Waals surface area contributed by atoms with Crippen LogP contribution in [-0.4, -0.2) is 87.8 Å². The molecule has 1 fully saturated rings. The maximum Gasteiger partial charge on any atom is 0.254 e. The largest absolute Gasteiger partial charge is 0.378 e. The number of tetrazole rings is 1. The van der Waals surface area contributed by atoms with Gasteiger partial charge in [0.25, 0.3) is 5.91 Å². The summed E-state index contributed by atoms with van der Waals surface area (Å²) in [7, 11) is 0. The Hall–Kier alpha value is -4.14. The number of benzene rings is 2. The van der Waals surface area contributed by atoms with Gasteiger partial charge in [0.1, 0.15) is 11.9 Å². The van der Waals surface area contributed by atoms with Crippen molar-refractivity contribution in [2.75, 3.05) is 39.4 Å². The van der Waals surface area contributed by atoms with Crippen LogP contribution in [0.2, 0.25) is 0 Å². The molecule has 0 saturated carbocycles. The summed E-state index contributed by atoms with van der Waals surface area (Å²) in [6.45, 7) is 13.4. The number of ether oxygens (including phenoxy) is 1. The van der Waals surface area contributed by atoms with E-state index in [1.807, 2.05) is 54.8 Å². The highest BCUT2D eigenvalue weighted by Crippen LogP contribution is 2.46. The highest BCUT2D eigenvalue weighted by Gasteiger charge is 2.44. The molecule has 226 valence electrons. The molecular formula is C32H39FN8O2. The van der Waals surface area contributed by atoms with E-state index in [2.05, 4.69) is 38.6 Å². The van der Waals surface area contributed by atoms with Crippen molar-refractivity contribution in [3.8, 4) is 6.07 Å². The van der Waals surface area contributed by atoms with Gasteiger partial charge in [-0.1, -0.05) is 23.9 Å². The van der Waals surface area contributed by atoms with Gasteiger partial charge in [-0.25, -0.2) is 4.39 Å². The monoisotopic (exact) mass is 586 g/mol. The maximum atomic E-state index is 14.6. The van der Waals surface area contributed by atoms with Crippen LogP contribution < -0.4 is 5.32 Å². The topological polar surface area (TPSA) is 123 Å². The van der Waals surface area contributed by atoms with Gasteiger partial charge in [0.15, 0.2) is 5.82 Å². The Kier molecular flexibility index (Phi) is 9.18. The third-order valence-electron chi connectivity index (χ3n) is 8.56. The summed E-state index contributed by atoms with van der Waals surface area (Å²) in [4.78, 5) is 17.2. The van der Waals surface area contributed by atoms with Gasteiger partial charge in [0, 0.05) is 36.9 Å². The predicted molar refractivity (Wildman–Crippen MR) is 160 cm³/mol. The zero-order chi connectivity index (χ0) is 30.6. The molecule has 2 unspecified atom stereocenters. The van der Waals surface area contributed by atoms with Crippen LogP contribution in [0.1, 0.15) is 65.6 Å². The third kappa shape index (κ3) is 6.03. The first-order valence-electron chi connectivity index (χ1n) is 14.9. The van der Waals surface area contributed by atoms with Crippen molar-refractivity contribution >= 4 is 5.91 Å². The summed E-state index contributed by atoms with van der Waals surface area (Å²) >= 11 is 0. The SMILES string of the molecule is C=C(CNCCC1(c2nn[nH]n2)c2ccc(F)cc2CCc2cc(C(=O)N3CCOCC3)ccc21)N(C(C)C)C(C)C#N. The number of rotatable bonds is 10. The van der Waals surface area contributed by atoms with Crippen molar-refractivity contribution in [2.45, 2.75) is 57.5 Å². The number of aromatic amines is 1. The van der Waals surface area contributed by atoms with Crippen molar-refractivity contribution in [3.05, 3.63) is 88.1 Å². The van der Waals surface area contributed by atoms with Gasteiger partial charge in [0.05, 0.1) is 24.7 Å². The summed E-state index contributed by atoms with van der Waals surface area (Å²) in [5.41, 5.74) is 4.36. The standard InChI is InChI=1S/C32H39FN8O2/c1-21(2)41(22(3)19-34)23(4)20-35-12-11-32(31-36-38-39-37-31)28-9-7-26(30(42)40-13-15-43-16-14-40)17-24(28)5-6-25-18-27(33)8-10-29(25)32/h7-10,17-18,21-22,35H,4-6,11-16,20H2,1-3H3,(H,36,37,38,39). The van der Waals surface area contributed by atoms with E-state index in [0.29, 0.717) is 70.0 Å². The number of nitrogens with zero attached hydrogens (tertiary/aromatic N) is 6. The van der Waals surface area contributed by atoms with E-state index in [4.69, 9.17) is 4.74 Å². The molecule has 0 bridgehead atoms. The molecule has 1 amide bonds. The third-order valence-corrected chi connectivity index (χ3v) is 8.56. The average Bonchev–Trinajstić information content (AvgIpc) is 3.52. The second-order valence-corrected chi connectivity index (χ2v) is 11.5. The molecule has 1 saturated heterocycles. The number of nitrogens with one attached hydrogen (secondary N) is 2. The number of H-pyrrole nitrogens is 1. The van der Waals surface area contributed by atoms with E-state index >= 15 is 0 Å². The quantitative estimate of drug-likeness (QED) is 0.347. The molecule has 2 heterocycles. The lowest BCUT2D eigenvalue weighted by Gasteiger charge is -2.35. The van der Waals surface area contributed by atoms with Crippen LogP contribution in [0.15, 0.2) is 48.7 Å². The minimum Gasteiger partial charge on any atom is -0.378 e. The van der Waals surface area contributed by atoms with E-state index in [0.717, 1.165) is 28.0 Å². The number of morpholine rings is 1.